The van der Waals surface area contributed by atoms with Gasteiger partial charge >= 0.3 is 0 Å². The first-order chi connectivity index (χ1) is 10.7. The third-order valence-electron chi connectivity index (χ3n) is 4.22. The lowest BCUT2D eigenvalue weighted by Crippen LogP contribution is -2.20. The lowest BCUT2D eigenvalue weighted by Gasteiger charge is -2.19. The zero-order chi connectivity index (χ0) is 15.1. The molecule has 2 heterocycles. The molecule has 2 N–H and O–H groups in total. The van der Waals surface area contributed by atoms with Crippen LogP contribution in [0.3, 0.4) is 0 Å². The third kappa shape index (κ3) is 2.08. The highest BCUT2D eigenvalue weighted by Gasteiger charge is 2.24. The first-order valence-electron chi connectivity index (χ1n) is 7.39. The predicted octanol–water partition coefficient (Wildman–Crippen LogP) is 3.52. The van der Waals surface area contributed by atoms with Crippen molar-refractivity contribution in [3.63, 3.8) is 0 Å². The Balaban J connectivity index is 1.78. The molecule has 0 atom stereocenters. The van der Waals surface area contributed by atoms with Crippen LogP contribution in [-0.4, -0.2) is 11.5 Å². The minimum absolute atomic E-state index is 0.278. The molecule has 0 amide bonds. The van der Waals surface area contributed by atoms with Crippen LogP contribution in [0.4, 0.5) is 15.9 Å². The minimum Gasteiger partial charge on any atom is -0.398 e. The fourth-order valence-electron chi connectivity index (χ4n) is 3.10. The lowest BCUT2D eigenvalue weighted by atomic mass is 10.1. The molecule has 0 fully saturated rings. The van der Waals surface area contributed by atoms with Crippen molar-refractivity contribution in [2.45, 2.75) is 13.0 Å². The van der Waals surface area contributed by atoms with Gasteiger partial charge in [-0.25, -0.2) is 9.37 Å². The number of aromatic nitrogens is 1. The number of nitrogens with zero attached hydrogens (tertiary/aromatic N) is 2. The summed E-state index contributed by atoms with van der Waals surface area (Å²) in [5.74, 6) is 0.653. The Morgan fingerprint density at radius 2 is 1.95 bits per heavy atom. The molecule has 3 aromatic rings. The smallest absolute Gasteiger partial charge is 0.134 e. The zero-order valence-electron chi connectivity index (χ0n) is 12.1. The highest BCUT2D eigenvalue weighted by atomic mass is 19.1. The monoisotopic (exact) mass is 293 g/mol. The van der Waals surface area contributed by atoms with E-state index in [4.69, 9.17) is 10.7 Å². The van der Waals surface area contributed by atoms with Gasteiger partial charge in [-0.05, 0) is 30.2 Å². The number of halogens is 1. The molecule has 4 heteroatoms. The quantitative estimate of drug-likeness (QED) is 0.786. The summed E-state index contributed by atoms with van der Waals surface area (Å²) in [6.07, 6.45) is 0.855. The van der Waals surface area contributed by atoms with Crippen LogP contribution in [-0.2, 0) is 13.0 Å². The molecule has 3 nitrogen and oxygen atoms in total. The molecule has 0 saturated carbocycles. The second kappa shape index (κ2) is 4.98. The minimum atomic E-state index is -0.278. The molecule has 1 aliphatic heterocycles. The Hall–Kier alpha value is -2.62. The maximum Gasteiger partial charge on any atom is 0.134 e. The highest BCUT2D eigenvalue weighted by Crippen LogP contribution is 2.36. The van der Waals surface area contributed by atoms with Gasteiger partial charge in [0.25, 0.3) is 0 Å². The average molecular weight is 293 g/mol. The zero-order valence-corrected chi connectivity index (χ0v) is 12.1. The molecule has 1 aromatic heterocycles. The second-order valence-corrected chi connectivity index (χ2v) is 5.65. The molecule has 110 valence electrons. The summed E-state index contributed by atoms with van der Waals surface area (Å²) in [4.78, 5) is 6.95. The molecule has 1 aliphatic rings. The van der Waals surface area contributed by atoms with Crippen molar-refractivity contribution in [3.8, 4) is 0 Å². The van der Waals surface area contributed by atoms with E-state index in [9.17, 15) is 4.39 Å². The van der Waals surface area contributed by atoms with E-state index >= 15 is 0 Å². The summed E-state index contributed by atoms with van der Waals surface area (Å²) in [7, 11) is 0. The fourth-order valence-corrected chi connectivity index (χ4v) is 3.10. The molecule has 0 radical (unpaired) electrons. The Morgan fingerprint density at radius 3 is 2.77 bits per heavy atom. The molecule has 0 bridgehead atoms. The number of fused-ring (bicyclic) bond motifs is 2. The molecule has 22 heavy (non-hydrogen) atoms. The molecule has 2 aromatic carbocycles. The van der Waals surface area contributed by atoms with Crippen molar-refractivity contribution in [2.24, 2.45) is 0 Å². The van der Waals surface area contributed by atoms with Crippen LogP contribution in [0.25, 0.3) is 10.9 Å². The third-order valence-corrected chi connectivity index (χ3v) is 4.22. The number of hydrogen-bond acceptors (Lipinski definition) is 3. The van der Waals surface area contributed by atoms with Crippen LogP contribution in [0.2, 0.25) is 0 Å². The lowest BCUT2D eigenvalue weighted by molar-refractivity contribution is 0.629. The van der Waals surface area contributed by atoms with Gasteiger partial charge in [0.2, 0.25) is 0 Å². The van der Waals surface area contributed by atoms with Gasteiger partial charge in [0.05, 0.1) is 5.52 Å². The molecule has 0 unspecified atom stereocenters. The Kier molecular flexibility index (Phi) is 2.96. The molecular formula is C18H16FN3. The van der Waals surface area contributed by atoms with E-state index in [2.05, 4.69) is 17.0 Å². The number of nitrogens with two attached hydrogens (primary N) is 1. The van der Waals surface area contributed by atoms with Gasteiger partial charge in [0.1, 0.15) is 11.6 Å². The summed E-state index contributed by atoms with van der Waals surface area (Å²) < 4.78 is 13.4. The van der Waals surface area contributed by atoms with Crippen molar-refractivity contribution in [3.05, 3.63) is 65.5 Å². The summed E-state index contributed by atoms with van der Waals surface area (Å²) in [5.41, 5.74) is 9.95. The van der Waals surface area contributed by atoms with Crippen molar-refractivity contribution in [2.75, 3.05) is 17.2 Å². The van der Waals surface area contributed by atoms with Gasteiger partial charge in [-0.15, -0.1) is 0 Å². The molecule has 4 rings (SSSR count). The van der Waals surface area contributed by atoms with Gasteiger partial charge in [-0.3, -0.25) is 0 Å². The van der Waals surface area contributed by atoms with Gasteiger partial charge in [-0.2, -0.15) is 0 Å². The van der Waals surface area contributed by atoms with Crippen LogP contribution >= 0.6 is 0 Å². The normalized spacial score (nSPS) is 13.6. The number of benzene rings is 2. The molecule has 0 aliphatic carbocycles. The Bertz CT molecular complexity index is 846. The van der Waals surface area contributed by atoms with Gasteiger partial charge in [0, 0.05) is 29.7 Å². The standard InChI is InChI=1S/C18H16FN3/c19-13-6-7-16-15(10-13)17(20)14-8-9-22(18(14)21-16)11-12-4-2-1-3-5-12/h1-7,10H,8-9,11H2,(H2,20,21). The first kappa shape index (κ1) is 13.1. The summed E-state index contributed by atoms with van der Waals surface area (Å²) in [6.45, 7) is 1.70. The van der Waals surface area contributed by atoms with Gasteiger partial charge < -0.3 is 10.6 Å². The van der Waals surface area contributed by atoms with Gasteiger partial charge in [-0.1, -0.05) is 30.3 Å². The van der Waals surface area contributed by atoms with Crippen LogP contribution < -0.4 is 10.6 Å². The van der Waals surface area contributed by atoms with E-state index < -0.39 is 0 Å². The first-order valence-corrected chi connectivity index (χ1v) is 7.39. The Morgan fingerprint density at radius 1 is 1.14 bits per heavy atom. The largest absolute Gasteiger partial charge is 0.398 e. The number of pyridine rings is 1. The van der Waals surface area contributed by atoms with Crippen molar-refractivity contribution < 1.29 is 4.39 Å². The maximum atomic E-state index is 13.4. The van der Waals surface area contributed by atoms with E-state index in [0.29, 0.717) is 11.1 Å². The van der Waals surface area contributed by atoms with E-state index in [1.54, 1.807) is 6.07 Å². The van der Waals surface area contributed by atoms with Crippen LogP contribution in [0, 0.1) is 5.82 Å². The van der Waals surface area contributed by atoms with Crippen molar-refractivity contribution in [1.82, 2.24) is 4.98 Å². The van der Waals surface area contributed by atoms with Gasteiger partial charge in [0.15, 0.2) is 0 Å². The fraction of sp³-hybridized carbons (Fsp3) is 0.167. The maximum absolute atomic E-state index is 13.4. The number of nitrogen functional groups attached to an aromatic ring is 1. The molecule has 0 spiro atoms. The molecule has 0 saturated heterocycles. The predicted molar refractivity (Wildman–Crippen MR) is 87.3 cm³/mol. The highest BCUT2D eigenvalue weighted by molar-refractivity contribution is 5.95. The van der Waals surface area contributed by atoms with E-state index in [1.807, 2.05) is 18.2 Å². The summed E-state index contributed by atoms with van der Waals surface area (Å²) in [5, 5.41) is 0.709. The van der Waals surface area contributed by atoms with E-state index in [1.165, 1.54) is 17.7 Å². The van der Waals surface area contributed by atoms with Crippen LogP contribution in [0.1, 0.15) is 11.1 Å². The van der Waals surface area contributed by atoms with Crippen LogP contribution in [0.5, 0.6) is 0 Å². The number of hydrogen-bond donors (Lipinski definition) is 1. The summed E-state index contributed by atoms with van der Waals surface area (Å²) in [6, 6.07) is 14.9. The van der Waals surface area contributed by atoms with E-state index in [-0.39, 0.29) is 5.82 Å². The summed E-state index contributed by atoms with van der Waals surface area (Å²) >= 11 is 0. The second-order valence-electron chi connectivity index (χ2n) is 5.65. The number of rotatable bonds is 2. The van der Waals surface area contributed by atoms with Crippen LogP contribution in [0.15, 0.2) is 48.5 Å². The van der Waals surface area contributed by atoms with Crippen molar-refractivity contribution >= 4 is 22.4 Å². The number of anilines is 2. The SMILES string of the molecule is Nc1c2c(nc3ccc(F)cc13)N(Cc1ccccc1)CC2. The Labute approximate surface area is 128 Å². The van der Waals surface area contributed by atoms with Crippen molar-refractivity contribution in [1.29, 1.82) is 0 Å². The average Bonchev–Trinajstić information content (AvgIpc) is 2.93. The molecular weight excluding hydrogens is 277 g/mol. The topological polar surface area (TPSA) is 42.1 Å². The van der Waals surface area contributed by atoms with E-state index in [0.717, 1.165) is 36.4 Å².